The van der Waals surface area contributed by atoms with Crippen molar-refractivity contribution in [2.24, 2.45) is 5.92 Å². The van der Waals surface area contributed by atoms with Crippen LogP contribution >= 0.6 is 12.4 Å². The summed E-state index contributed by atoms with van der Waals surface area (Å²) in [5.41, 5.74) is 7.50. The van der Waals surface area contributed by atoms with E-state index in [4.69, 9.17) is 0 Å². The molecule has 6 heteroatoms. The van der Waals surface area contributed by atoms with E-state index in [-0.39, 0.29) is 36.3 Å². The highest BCUT2D eigenvalue weighted by molar-refractivity contribution is 5.85. The van der Waals surface area contributed by atoms with Gasteiger partial charge < -0.3 is 10.6 Å². The Morgan fingerprint density at radius 2 is 2.05 bits per heavy atom. The van der Waals surface area contributed by atoms with Gasteiger partial charge in [0, 0.05) is 18.6 Å². The molecule has 0 spiro atoms. The van der Waals surface area contributed by atoms with Gasteiger partial charge in [0.25, 0.3) is 0 Å². The van der Waals surface area contributed by atoms with Gasteiger partial charge in [0.05, 0.1) is 12.0 Å². The van der Waals surface area contributed by atoms with Crippen molar-refractivity contribution in [3.05, 3.63) is 35.9 Å². The second-order valence-electron chi connectivity index (χ2n) is 6.02. The molecule has 22 heavy (non-hydrogen) atoms. The van der Waals surface area contributed by atoms with E-state index in [9.17, 15) is 4.79 Å². The molecule has 2 saturated heterocycles. The van der Waals surface area contributed by atoms with Crippen molar-refractivity contribution in [2.75, 3.05) is 13.1 Å². The summed E-state index contributed by atoms with van der Waals surface area (Å²) in [4.78, 5) is 12.6. The fourth-order valence-electron chi connectivity index (χ4n) is 3.25. The molecule has 1 aromatic carbocycles. The van der Waals surface area contributed by atoms with Crippen LogP contribution < -0.4 is 21.5 Å². The van der Waals surface area contributed by atoms with Gasteiger partial charge in [0.2, 0.25) is 5.91 Å². The average molecular weight is 325 g/mol. The van der Waals surface area contributed by atoms with E-state index >= 15 is 0 Å². The van der Waals surface area contributed by atoms with Crippen molar-refractivity contribution in [2.45, 2.75) is 37.9 Å². The van der Waals surface area contributed by atoms with Crippen molar-refractivity contribution in [3.63, 3.8) is 0 Å². The molecule has 0 saturated carbocycles. The number of hydrogen-bond acceptors (Lipinski definition) is 4. The topological polar surface area (TPSA) is 65.2 Å². The number of amides is 1. The van der Waals surface area contributed by atoms with Crippen LogP contribution in [0.5, 0.6) is 0 Å². The molecule has 0 aromatic heterocycles. The van der Waals surface area contributed by atoms with E-state index in [1.54, 1.807) is 0 Å². The van der Waals surface area contributed by atoms with Gasteiger partial charge in [0.15, 0.2) is 0 Å². The van der Waals surface area contributed by atoms with Crippen LogP contribution in [-0.4, -0.2) is 31.1 Å². The maximum atomic E-state index is 12.6. The summed E-state index contributed by atoms with van der Waals surface area (Å²) < 4.78 is 0. The van der Waals surface area contributed by atoms with Crippen LogP contribution in [0.3, 0.4) is 0 Å². The molecule has 122 valence electrons. The fourth-order valence-corrected chi connectivity index (χ4v) is 3.25. The summed E-state index contributed by atoms with van der Waals surface area (Å²) in [6, 6.07) is 10.8. The zero-order valence-electron chi connectivity index (χ0n) is 12.8. The smallest absolute Gasteiger partial charge is 0.226 e. The van der Waals surface area contributed by atoms with Crippen LogP contribution in [0.1, 0.15) is 31.4 Å². The third kappa shape index (κ3) is 3.79. The number of piperidine rings is 1. The zero-order chi connectivity index (χ0) is 14.7. The SMILES string of the molecule is CC1NCCCC1NC(=O)C1CNNC1c1ccccc1.Cl. The maximum absolute atomic E-state index is 12.6. The first kappa shape index (κ1) is 17.2. The largest absolute Gasteiger partial charge is 0.351 e. The Morgan fingerprint density at radius 3 is 2.77 bits per heavy atom. The molecule has 2 fully saturated rings. The lowest BCUT2D eigenvalue weighted by Crippen LogP contribution is -2.53. The molecule has 2 aliphatic rings. The third-order valence-electron chi connectivity index (χ3n) is 4.57. The van der Waals surface area contributed by atoms with E-state index in [0.29, 0.717) is 12.6 Å². The van der Waals surface area contributed by atoms with Gasteiger partial charge in [-0.3, -0.25) is 10.2 Å². The van der Waals surface area contributed by atoms with E-state index in [0.717, 1.165) is 24.9 Å². The van der Waals surface area contributed by atoms with Crippen LogP contribution in [0.2, 0.25) is 0 Å². The molecular weight excluding hydrogens is 300 g/mol. The predicted octanol–water partition coefficient (Wildman–Crippen LogP) is 1.13. The van der Waals surface area contributed by atoms with E-state index in [1.165, 1.54) is 0 Å². The van der Waals surface area contributed by atoms with Gasteiger partial charge in [-0.15, -0.1) is 12.4 Å². The first-order valence-electron chi connectivity index (χ1n) is 7.83. The molecule has 0 bridgehead atoms. The summed E-state index contributed by atoms with van der Waals surface area (Å²) in [6.45, 7) is 3.86. The standard InChI is InChI=1S/C16H24N4O.ClH/c1-11-14(8-5-9-17-11)19-16(21)13-10-18-20-15(13)12-6-3-2-4-7-12;/h2-4,6-7,11,13-15,17-18,20H,5,8-10H2,1H3,(H,19,21);1H. The number of hydrogen-bond donors (Lipinski definition) is 4. The second-order valence-corrected chi connectivity index (χ2v) is 6.02. The maximum Gasteiger partial charge on any atom is 0.226 e. The molecule has 0 radical (unpaired) electrons. The molecule has 1 amide bonds. The Morgan fingerprint density at radius 1 is 1.27 bits per heavy atom. The number of carbonyl (C=O) groups is 1. The molecule has 5 nitrogen and oxygen atoms in total. The van der Waals surface area contributed by atoms with E-state index < -0.39 is 0 Å². The van der Waals surface area contributed by atoms with Crippen molar-refractivity contribution in [1.82, 2.24) is 21.5 Å². The van der Waals surface area contributed by atoms with E-state index in [1.807, 2.05) is 18.2 Å². The lowest BCUT2D eigenvalue weighted by atomic mass is 9.92. The molecule has 2 heterocycles. The Balaban J connectivity index is 0.00000176. The number of carbonyl (C=O) groups excluding carboxylic acids is 1. The summed E-state index contributed by atoms with van der Waals surface area (Å²) >= 11 is 0. The Hall–Kier alpha value is -1.14. The average Bonchev–Trinajstić information content (AvgIpc) is 3.00. The zero-order valence-corrected chi connectivity index (χ0v) is 13.7. The number of hydrazine groups is 1. The number of rotatable bonds is 3. The van der Waals surface area contributed by atoms with Crippen molar-refractivity contribution >= 4 is 18.3 Å². The normalized spacial score (nSPS) is 31.3. The van der Waals surface area contributed by atoms with Gasteiger partial charge in [-0.2, -0.15) is 0 Å². The van der Waals surface area contributed by atoms with Gasteiger partial charge in [-0.25, -0.2) is 5.43 Å². The Bertz CT molecular complexity index is 484. The predicted molar refractivity (Wildman–Crippen MR) is 89.7 cm³/mol. The molecule has 4 atom stereocenters. The Labute approximate surface area is 138 Å². The molecular formula is C16H25ClN4O. The van der Waals surface area contributed by atoms with Gasteiger partial charge in [-0.05, 0) is 31.9 Å². The highest BCUT2D eigenvalue weighted by Crippen LogP contribution is 2.25. The molecule has 0 aliphatic carbocycles. The molecule has 4 unspecified atom stereocenters. The van der Waals surface area contributed by atoms with Crippen LogP contribution in [0.15, 0.2) is 30.3 Å². The number of nitrogens with one attached hydrogen (secondary N) is 4. The van der Waals surface area contributed by atoms with Crippen molar-refractivity contribution in [3.8, 4) is 0 Å². The monoisotopic (exact) mass is 324 g/mol. The summed E-state index contributed by atoms with van der Waals surface area (Å²) in [6.07, 6.45) is 2.18. The van der Waals surface area contributed by atoms with E-state index in [2.05, 4.69) is 40.5 Å². The minimum Gasteiger partial charge on any atom is -0.351 e. The lowest BCUT2D eigenvalue weighted by molar-refractivity contribution is -0.126. The van der Waals surface area contributed by atoms with Crippen molar-refractivity contribution in [1.29, 1.82) is 0 Å². The van der Waals surface area contributed by atoms with Crippen LogP contribution in [0.4, 0.5) is 0 Å². The van der Waals surface area contributed by atoms with Gasteiger partial charge >= 0.3 is 0 Å². The quantitative estimate of drug-likeness (QED) is 0.673. The second kappa shape index (κ2) is 7.92. The first-order chi connectivity index (χ1) is 10.3. The number of halogens is 1. The minimum absolute atomic E-state index is 0. The first-order valence-corrected chi connectivity index (χ1v) is 7.83. The van der Waals surface area contributed by atoms with Crippen LogP contribution in [0, 0.1) is 5.92 Å². The van der Waals surface area contributed by atoms with Crippen LogP contribution in [-0.2, 0) is 4.79 Å². The summed E-state index contributed by atoms with van der Waals surface area (Å²) in [7, 11) is 0. The number of benzene rings is 1. The van der Waals surface area contributed by atoms with Gasteiger partial charge in [0.1, 0.15) is 0 Å². The Kier molecular flexibility index (Phi) is 6.20. The van der Waals surface area contributed by atoms with Gasteiger partial charge in [-0.1, -0.05) is 30.3 Å². The molecule has 2 aliphatic heterocycles. The highest BCUT2D eigenvalue weighted by Gasteiger charge is 2.35. The fraction of sp³-hybridized carbons (Fsp3) is 0.562. The highest BCUT2D eigenvalue weighted by atomic mass is 35.5. The molecule has 3 rings (SSSR count). The van der Waals surface area contributed by atoms with Crippen LogP contribution in [0.25, 0.3) is 0 Å². The van der Waals surface area contributed by atoms with Crippen molar-refractivity contribution < 1.29 is 4.79 Å². The lowest BCUT2D eigenvalue weighted by Gasteiger charge is -2.32. The summed E-state index contributed by atoms with van der Waals surface area (Å²) in [5, 5.41) is 6.65. The third-order valence-corrected chi connectivity index (χ3v) is 4.57. The minimum atomic E-state index is -0.0680. The molecule has 4 N–H and O–H groups in total. The molecule has 1 aromatic rings. The summed E-state index contributed by atoms with van der Waals surface area (Å²) in [5.74, 6) is 0.0726.